The molecule has 1 unspecified atom stereocenters. The summed E-state index contributed by atoms with van der Waals surface area (Å²) in [7, 11) is 0. The van der Waals surface area contributed by atoms with Gasteiger partial charge >= 0.3 is 5.97 Å². The lowest BCUT2D eigenvalue weighted by atomic mass is 10.00. The summed E-state index contributed by atoms with van der Waals surface area (Å²) >= 11 is 0. The first kappa shape index (κ1) is 11.8. The molecule has 2 aromatic rings. The summed E-state index contributed by atoms with van der Waals surface area (Å²) < 4.78 is 14.8. The van der Waals surface area contributed by atoms with Crippen LogP contribution in [0.15, 0.2) is 24.3 Å². The maximum absolute atomic E-state index is 13.2. The van der Waals surface area contributed by atoms with Crippen molar-refractivity contribution in [3.63, 3.8) is 0 Å². The van der Waals surface area contributed by atoms with Gasteiger partial charge < -0.3 is 5.11 Å². The molecule has 1 aliphatic rings. The van der Waals surface area contributed by atoms with Gasteiger partial charge in [-0.15, -0.1) is 0 Å². The Hall–Kier alpha value is -2.24. The van der Waals surface area contributed by atoms with Gasteiger partial charge in [-0.25, -0.2) is 14.1 Å². The van der Waals surface area contributed by atoms with Crippen molar-refractivity contribution in [2.45, 2.75) is 25.3 Å². The highest BCUT2D eigenvalue weighted by Gasteiger charge is 2.30. The van der Waals surface area contributed by atoms with Crippen molar-refractivity contribution in [1.29, 1.82) is 0 Å². The molecule has 0 saturated heterocycles. The fraction of sp³-hybridized carbons (Fsp3) is 0.308. The van der Waals surface area contributed by atoms with Crippen LogP contribution in [0.4, 0.5) is 4.39 Å². The average Bonchev–Trinajstić information content (AvgIpc) is 2.82. The minimum absolute atomic E-state index is 0.361. The number of carbonyl (C=O) groups is 1. The topological polar surface area (TPSA) is 68.0 Å². The highest BCUT2D eigenvalue weighted by molar-refractivity contribution is 5.75. The van der Waals surface area contributed by atoms with Crippen molar-refractivity contribution in [1.82, 2.24) is 14.8 Å². The summed E-state index contributed by atoms with van der Waals surface area (Å²) in [6, 6.07) is 5.98. The first-order valence-electron chi connectivity index (χ1n) is 6.08. The van der Waals surface area contributed by atoms with Gasteiger partial charge in [0, 0.05) is 12.1 Å². The highest BCUT2D eigenvalue weighted by atomic mass is 19.1. The standard InChI is InChI=1S/C13H12FN3O2/c14-9-4-1-3-8(7-9)11-15-12-10(13(18)19)5-2-6-17(12)16-11/h1,3-4,7,10H,2,5-6H2,(H,18,19). The molecular weight excluding hydrogens is 249 g/mol. The van der Waals surface area contributed by atoms with E-state index in [-0.39, 0.29) is 5.82 Å². The van der Waals surface area contributed by atoms with E-state index in [1.165, 1.54) is 12.1 Å². The summed E-state index contributed by atoms with van der Waals surface area (Å²) in [5.74, 6) is -1.04. The zero-order chi connectivity index (χ0) is 13.4. The minimum Gasteiger partial charge on any atom is -0.481 e. The molecule has 0 bridgehead atoms. The number of halogens is 1. The Kier molecular flexibility index (Phi) is 2.77. The van der Waals surface area contributed by atoms with Crippen LogP contribution in [0.1, 0.15) is 24.6 Å². The van der Waals surface area contributed by atoms with Crippen LogP contribution in [0.2, 0.25) is 0 Å². The van der Waals surface area contributed by atoms with E-state index in [1.54, 1.807) is 16.8 Å². The number of fused-ring (bicyclic) bond motifs is 1. The highest BCUT2D eigenvalue weighted by Crippen LogP contribution is 2.28. The molecule has 6 heteroatoms. The van der Waals surface area contributed by atoms with E-state index in [0.29, 0.717) is 30.2 Å². The summed E-state index contributed by atoms with van der Waals surface area (Å²) in [5.41, 5.74) is 0.561. The molecule has 0 aliphatic carbocycles. The van der Waals surface area contributed by atoms with Crippen LogP contribution in [-0.4, -0.2) is 25.8 Å². The fourth-order valence-corrected chi connectivity index (χ4v) is 2.33. The van der Waals surface area contributed by atoms with Crippen LogP contribution in [-0.2, 0) is 11.3 Å². The number of aliphatic carboxylic acids is 1. The molecule has 1 N–H and O–H groups in total. The lowest BCUT2D eigenvalue weighted by Crippen LogP contribution is -2.22. The largest absolute Gasteiger partial charge is 0.481 e. The molecule has 0 fully saturated rings. The molecular formula is C13H12FN3O2. The predicted molar refractivity (Wildman–Crippen MR) is 65.0 cm³/mol. The summed E-state index contributed by atoms with van der Waals surface area (Å²) in [6.45, 7) is 0.654. The molecule has 1 atom stereocenters. The smallest absolute Gasteiger partial charge is 0.314 e. The number of aryl methyl sites for hydroxylation is 1. The summed E-state index contributed by atoms with van der Waals surface area (Å²) in [4.78, 5) is 15.4. The molecule has 0 radical (unpaired) electrons. The molecule has 3 rings (SSSR count). The Morgan fingerprint density at radius 1 is 1.47 bits per heavy atom. The first-order chi connectivity index (χ1) is 9.15. The van der Waals surface area contributed by atoms with Crippen LogP contribution in [0.25, 0.3) is 11.4 Å². The van der Waals surface area contributed by atoms with Gasteiger partial charge in [0.25, 0.3) is 0 Å². The van der Waals surface area contributed by atoms with Crippen molar-refractivity contribution < 1.29 is 14.3 Å². The van der Waals surface area contributed by atoms with E-state index < -0.39 is 11.9 Å². The second-order valence-corrected chi connectivity index (χ2v) is 4.56. The van der Waals surface area contributed by atoms with E-state index in [2.05, 4.69) is 10.1 Å². The number of hydrogen-bond acceptors (Lipinski definition) is 3. The molecule has 0 spiro atoms. The van der Waals surface area contributed by atoms with Gasteiger partial charge in [0.15, 0.2) is 5.82 Å². The predicted octanol–water partition coefficient (Wildman–Crippen LogP) is 2.05. The maximum atomic E-state index is 13.2. The van der Waals surface area contributed by atoms with E-state index in [1.807, 2.05) is 0 Å². The zero-order valence-corrected chi connectivity index (χ0v) is 10.1. The summed E-state index contributed by atoms with van der Waals surface area (Å²) in [5, 5.41) is 13.4. The Labute approximate surface area is 108 Å². The molecule has 98 valence electrons. The minimum atomic E-state index is -0.890. The van der Waals surface area contributed by atoms with Crippen LogP contribution >= 0.6 is 0 Å². The van der Waals surface area contributed by atoms with Crippen LogP contribution in [0.3, 0.4) is 0 Å². The molecule has 5 nitrogen and oxygen atoms in total. The molecule has 1 aliphatic heterocycles. The van der Waals surface area contributed by atoms with Crippen molar-refractivity contribution in [3.05, 3.63) is 35.9 Å². The Morgan fingerprint density at radius 3 is 3.05 bits per heavy atom. The molecule has 2 heterocycles. The van der Waals surface area contributed by atoms with Gasteiger partial charge in [-0.3, -0.25) is 4.79 Å². The monoisotopic (exact) mass is 261 g/mol. The van der Waals surface area contributed by atoms with Crippen LogP contribution < -0.4 is 0 Å². The lowest BCUT2D eigenvalue weighted by Gasteiger charge is -2.17. The molecule has 1 aromatic heterocycles. The van der Waals surface area contributed by atoms with E-state index in [4.69, 9.17) is 5.11 Å². The van der Waals surface area contributed by atoms with E-state index in [9.17, 15) is 9.18 Å². The van der Waals surface area contributed by atoms with Crippen molar-refractivity contribution >= 4 is 5.97 Å². The lowest BCUT2D eigenvalue weighted by molar-refractivity contribution is -0.139. The normalized spacial score (nSPS) is 18.1. The van der Waals surface area contributed by atoms with E-state index in [0.717, 1.165) is 6.42 Å². The molecule has 0 saturated carbocycles. The second kappa shape index (κ2) is 4.46. The fourth-order valence-electron chi connectivity index (χ4n) is 2.33. The number of rotatable bonds is 2. The Balaban J connectivity index is 2.04. The van der Waals surface area contributed by atoms with Gasteiger partial charge in [0.1, 0.15) is 17.6 Å². The SMILES string of the molecule is O=C(O)C1CCCn2nc(-c3cccc(F)c3)nc21. The van der Waals surface area contributed by atoms with Crippen LogP contribution in [0, 0.1) is 5.82 Å². The molecule has 1 aromatic carbocycles. The van der Waals surface area contributed by atoms with Crippen molar-refractivity contribution in [2.24, 2.45) is 0 Å². The third-order valence-corrected chi connectivity index (χ3v) is 3.26. The summed E-state index contributed by atoms with van der Waals surface area (Å²) in [6.07, 6.45) is 1.33. The number of hydrogen-bond donors (Lipinski definition) is 1. The van der Waals surface area contributed by atoms with Gasteiger partial charge in [0.2, 0.25) is 0 Å². The van der Waals surface area contributed by atoms with E-state index >= 15 is 0 Å². The number of carboxylic acid groups (broad SMARTS) is 1. The molecule has 0 amide bonds. The molecule has 19 heavy (non-hydrogen) atoms. The number of carboxylic acids is 1. The third-order valence-electron chi connectivity index (χ3n) is 3.26. The van der Waals surface area contributed by atoms with Crippen molar-refractivity contribution in [2.75, 3.05) is 0 Å². The van der Waals surface area contributed by atoms with Gasteiger partial charge in [-0.05, 0) is 25.0 Å². The third kappa shape index (κ3) is 2.09. The van der Waals surface area contributed by atoms with Gasteiger partial charge in [-0.1, -0.05) is 12.1 Å². The number of nitrogens with zero attached hydrogens (tertiary/aromatic N) is 3. The van der Waals surface area contributed by atoms with Crippen molar-refractivity contribution in [3.8, 4) is 11.4 Å². The van der Waals surface area contributed by atoms with Gasteiger partial charge in [0.05, 0.1) is 0 Å². The van der Waals surface area contributed by atoms with Gasteiger partial charge in [-0.2, -0.15) is 5.10 Å². The Morgan fingerprint density at radius 2 is 2.32 bits per heavy atom. The zero-order valence-electron chi connectivity index (χ0n) is 10.1. The first-order valence-corrected chi connectivity index (χ1v) is 6.08. The number of aromatic nitrogens is 3. The second-order valence-electron chi connectivity index (χ2n) is 4.56. The Bertz CT molecular complexity index is 639. The average molecular weight is 261 g/mol. The quantitative estimate of drug-likeness (QED) is 0.898. The maximum Gasteiger partial charge on any atom is 0.314 e. The van der Waals surface area contributed by atoms with Crippen LogP contribution in [0.5, 0.6) is 0 Å². The number of benzene rings is 1.